The molecule has 6 nitrogen and oxygen atoms in total. The van der Waals surface area contributed by atoms with Crippen LogP contribution in [0, 0.1) is 0 Å². The smallest absolute Gasteiger partial charge is 0.336 e. The fraction of sp³-hybridized carbons (Fsp3) is 0.846. The standard InChI is InChI=1S/C13H24N2O4/c1-4-5-10(2)14-12(16)9-15-6-7-19-11(8-15)13(17)18-3/h10-11H,4-9H2,1-3H3,(H,14,16). The van der Waals surface area contributed by atoms with E-state index >= 15 is 0 Å². The van der Waals surface area contributed by atoms with Gasteiger partial charge in [-0.2, -0.15) is 0 Å². The molecule has 0 aliphatic carbocycles. The van der Waals surface area contributed by atoms with Crippen LogP contribution in [0.2, 0.25) is 0 Å². The van der Waals surface area contributed by atoms with Crippen LogP contribution in [0.15, 0.2) is 0 Å². The van der Waals surface area contributed by atoms with Crippen LogP contribution in [0.5, 0.6) is 0 Å². The molecule has 1 saturated heterocycles. The first-order chi connectivity index (χ1) is 9.06. The summed E-state index contributed by atoms with van der Waals surface area (Å²) in [5.74, 6) is -0.393. The molecule has 0 aromatic heterocycles. The van der Waals surface area contributed by atoms with Gasteiger partial charge in [0.2, 0.25) is 5.91 Å². The SMILES string of the molecule is CCCC(C)NC(=O)CN1CCOC(C(=O)OC)C1. The van der Waals surface area contributed by atoms with E-state index in [1.807, 2.05) is 11.8 Å². The molecule has 0 spiro atoms. The molecule has 1 amide bonds. The van der Waals surface area contributed by atoms with Crippen LogP contribution >= 0.6 is 0 Å². The zero-order valence-corrected chi connectivity index (χ0v) is 12.0. The van der Waals surface area contributed by atoms with Gasteiger partial charge in [0.05, 0.1) is 20.3 Å². The Morgan fingerprint density at radius 3 is 2.89 bits per heavy atom. The molecule has 1 fully saturated rings. The van der Waals surface area contributed by atoms with E-state index in [2.05, 4.69) is 17.0 Å². The molecule has 19 heavy (non-hydrogen) atoms. The van der Waals surface area contributed by atoms with Crippen LogP contribution in [-0.4, -0.2) is 62.3 Å². The summed E-state index contributed by atoms with van der Waals surface area (Å²) in [7, 11) is 1.34. The number of hydrogen-bond donors (Lipinski definition) is 1. The molecule has 0 aromatic rings. The van der Waals surface area contributed by atoms with Gasteiger partial charge in [-0.1, -0.05) is 13.3 Å². The Bertz CT molecular complexity index is 309. The van der Waals surface area contributed by atoms with E-state index in [1.54, 1.807) is 0 Å². The van der Waals surface area contributed by atoms with Crippen molar-refractivity contribution in [1.82, 2.24) is 10.2 Å². The number of esters is 1. The van der Waals surface area contributed by atoms with Crippen molar-refractivity contribution in [2.24, 2.45) is 0 Å². The third-order valence-electron chi connectivity index (χ3n) is 3.11. The second kappa shape index (κ2) is 8.12. The molecule has 0 saturated carbocycles. The maximum Gasteiger partial charge on any atom is 0.336 e. The Hall–Kier alpha value is -1.14. The maximum atomic E-state index is 11.8. The van der Waals surface area contributed by atoms with E-state index in [9.17, 15) is 9.59 Å². The van der Waals surface area contributed by atoms with E-state index in [0.29, 0.717) is 26.2 Å². The highest BCUT2D eigenvalue weighted by Gasteiger charge is 2.28. The van der Waals surface area contributed by atoms with Gasteiger partial charge in [0, 0.05) is 19.1 Å². The second-order valence-electron chi connectivity index (χ2n) is 4.87. The monoisotopic (exact) mass is 272 g/mol. The zero-order valence-electron chi connectivity index (χ0n) is 12.0. The molecular formula is C13H24N2O4. The van der Waals surface area contributed by atoms with Gasteiger partial charge in [0.15, 0.2) is 6.10 Å². The number of ether oxygens (including phenoxy) is 2. The molecule has 1 heterocycles. The molecule has 0 aromatic carbocycles. The molecule has 110 valence electrons. The van der Waals surface area contributed by atoms with Crippen LogP contribution < -0.4 is 5.32 Å². The van der Waals surface area contributed by atoms with Crippen LogP contribution in [0.3, 0.4) is 0 Å². The van der Waals surface area contributed by atoms with Crippen LogP contribution in [0.1, 0.15) is 26.7 Å². The Kier molecular flexibility index (Phi) is 6.80. The molecule has 1 N–H and O–H groups in total. The summed E-state index contributed by atoms with van der Waals surface area (Å²) < 4.78 is 9.96. The third-order valence-corrected chi connectivity index (χ3v) is 3.11. The first-order valence-electron chi connectivity index (χ1n) is 6.78. The van der Waals surface area contributed by atoms with Gasteiger partial charge < -0.3 is 14.8 Å². The summed E-state index contributed by atoms with van der Waals surface area (Å²) in [6, 6.07) is 0.190. The topological polar surface area (TPSA) is 67.9 Å². The lowest BCUT2D eigenvalue weighted by atomic mass is 10.2. The number of rotatable bonds is 6. The van der Waals surface area contributed by atoms with Gasteiger partial charge in [-0.15, -0.1) is 0 Å². The van der Waals surface area contributed by atoms with Gasteiger partial charge in [-0.3, -0.25) is 9.69 Å². The van der Waals surface area contributed by atoms with E-state index in [0.717, 1.165) is 12.8 Å². The summed E-state index contributed by atoms with van der Waals surface area (Å²) in [4.78, 5) is 25.1. The third kappa shape index (κ3) is 5.57. The van der Waals surface area contributed by atoms with Crippen molar-refractivity contribution in [3.05, 3.63) is 0 Å². The number of hydrogen-bond acceptors (Lipinski definition) is 5. The minimum Gasteiger partial charge on any atom is -0.467 e. The molecule has 0 bridgehead atoms. The number of morpholine rings is 1. The fourth-order valence-electron chi connectivity index (χ4n) is 2.15. The minimum absolute atomic E-state index is 0.00790. The molecule has 2 unspecified atom stereocenters. The van der Waals surface area contributed by atoms with Crippen molar-refractivity contribution in [2.45, 2.75) is 38.8 Å². The van der Waals surface area contributed by atoms with Crippen molar-refractivity contribution in [3.63, 3.8) is 0 Å². The number of amides is 1. The van der Waals surface area contributed by atoms with Gasteiger partial charge in [0.25, 0.3) is 0 Å². The molecule has 1 rings (SSSR count). The highest BCUT2D eigenvalue weighted by molar-refractivity contribution is 5.78. The van der Waals surface area contributed by atoms with Gasteiger partial charge >= 0.3 is 5.97 Å². The van der Waals surface area contributed by atoms with Crippen molar-refractivity contribution in [3.8, 4) is 0 Å². The predicted molar refractivity (Wildman–Crippen MR) is 70.7 cm³/mol. The Labute approximate surface area is 114 Å². The average Bonchev–Trinajstić information content (AvgIpc) is 2.38. The summed E-state index contributed by atoms with van der Waals surface area (Å²) in [5, 5.41) is 2.95. The van der Waals surface area contributed by atoms with E-state index in [-0.39, 0.29) is 17.9 Å². The molecule has 2 atom stereocenters. The van der Waals surface area contributed by atoms with E-state index < -0.39 is 6.10 Å². The lowest BCUT2D eigenvalue weighted by Crippen LogP contribution is -2.50. The van der Waals surface area contributed by atoms with Gasteiger partial charge in [0.1, 0.15) is 0 Å². The van der Waals surface area contributed by atoms with Crippen molar-refractivity contribution in [1.29, 1.82) is 0 Å². The fourth-order valence-corrected chi connectivity index (χ4v) is 2.15. The maximum absolute atomic E-state index is 11.8. The largest absolute Gasteiger partial charge is 0.467 e. The number of methoxy groups -OCH3 is 1. The zero-order chi connectivity index (χ0) is 14.3. The first kappa shape index (κ1) is 15.9. The molecule has 0 radical (unpaired) electrons. The predicted octanol–water partition coefficient (Wildman–Crippen LogP) is 0.165. The lowest BCUT2D eigenvalue weighted by Gasteiger charge is -2.31. The Balaban J connectivity index is 2.35. The molecular weight excluding hydrogens is 248 g/mol. The number of nitrogens with zero attached hydrogens (tertiary/aromatic N) is 1. The number of nitrogens with one attached hydrogen (secondary N) is 1. The first-order valence-corrected chi connectivity index (χ1v) is 6.78. The van der Waals surface area contributed by atoms with E-state index in [4.69, 9.17) is 4.74 Å². The van der Waals surface area contributed by atoms with Gasteiger partial charge in [-0.05, 0) is 13.3 Å². The summed E-state index contributed by atoms with van der Waals surface area (Å²) >= 11 is 0. The van der Waals surface area contributed by atoms with Crippen LogP contribution in [0.4, 0.5) is 0 Å². The molecule has 1 aliphatic rings. The van der Waals surface area contributed by atoms with E-state index in [1.165, 1.54) is 7.11 Å². The second-order valence-corrected chi connectivity index (χ2v) is 4.87. The normalized spacial score (nSPS) is 21.7. The molecule has 1 aliphatic heterocycles. The number of carbonyl (C=O) groups excluding carboxylic acids is 2. The highest BCUT2D eigenvalue weighted by Crippen LogP contribution is 2.06. The average molecular weight is 272 g/mol. The van der Waals surface area contributed by atoms with Gasteiger partial charge in [-0.25, -0.2) is 4.79 Å². The van der Waals surface area contributed by atoms with Crippen LogP contribution in [0.25, 0.3) is 0 Å². The summed E-state index contributed by atoms with van der Waals surface area (Å²) in [5.41, 5.74) is 0. The molecule has 6 heteroatoms. The van der Waals surface area contributed by atoms with Crippen molar-refractivity contribution in [2.75, 3.05) is 33.4 Å². The summed E-state index contributed by atoms with van der Waals surface area (Å²) in [6.45, 7) is 5.89. The summed E-state index contributed by atoms with van der Waals surface area (Å²) in [6.07, 6.45) is 1.43. The number of carbonyl (C=O) groups is 2. The Morgan fingerprint density at radius 2 is 2.26 bits per heavy atom. The Morgan fingerprint density at radius 1 is 1.53 bits per heavy atom. The minimum atomic E-state index is -0.584. The van der Waals surface area contributed by atoms with Crippen molar-refractivity contribution < 1.29 is 19.1 Å². The van der Waals surface area contributed by atoms with Crippen molar-refractivity contribution >= 4 is 11.9 Å². The van der Waals surface area contributed by atoms with Crippen LogP contribution in [-0.2, 0) is 19.1 Å². The lowest BCUT2D eigenvalue weighted by molar-refractivity contribution is -0.160. The highest BCUT2D eigenvalue weighted by atomic mass is 16.6. The quantitative estimate of drug-likeness (QED) is 0.698.